The number of anilines is 1. The molecule has 1 N–H and O–H groups in total. The standard InChI is InChI=1S/C25H30N4O4/c1-4-7-8-17(5-2)24(30)26-19-10-12-20(13-11-19)29-23(27-25(28-29)31-6-3)18-9-14-21-22(15-18)33-16-32-21/h9-15,17H,4-8,16H2,1-3H3,(H,26,30). The largest absolute Gasteiger partial charge is 0.463 e. The van der Waals surface area contributed by atoms with E-state index in [1.54, 1.807) is 4.68 Å². The lowest BCUT2D eigenvalue weighted by Crippen LogP contribution is -2.22. The first kappa shape index (κ1) is 22.6. The van der Waals surface area contributed by atoms with Crippen LogP contribution in [0.5, 0.6) is 17.5 Å². The number of aromatic nitrogens is 3. The van der Waals surface area contributed by atoms with Crippen LogP contribution in [0, 0.1) is 5.92 Å². The van der Waals surface area contributed by atoms with E-state index in [9.17, 15) is 4.79 Å². The average molecular weight is 451 g/mol. The van der Waals surface area contributed by atoms with Gasteiger partial charge in [0, 0.05) is 17.2 Å². The van der Waals surface area contributed by atoms with E-state index in [2.05, 4.69) is 29.2 Å². The third kappa shape index (κ3) is 5.10. The maximum absolute atomic E-state index is 12.6. The predicted octanol–water partition coefficient (Wildman–Crippen LogP) is 5.22. The molecule has 4 rings (SSSR count). The highest BCUT2D eigenvalue weighted by Gasteiger charge is 2.20. The fraction of sp³-hybridized carbons (Fsp3) is 0.400. The minimum absolute atomic E-state index is 0.0336. The van der Waals surface area contributed by atoms with Gasteiger partial charge >= 0.3 is 6.01 Å². The van der Waals surface area contributed by atoms with Crippen LogP contribution in [0.1, 0.15) is 46.5 Å². The highest BCUT2D eigenvalue weighted by Crippen LogP contribution is 2.36. The molecule has 1 aliphatic rings. The van der Waals surface area contributed by atoms with Crippen LogP contribution >= 0.6 is 0 Å². The van der Waals surface area contributed by atoms with Gasteiger partial charge in [-0.1, -0.05) is 26.7 Å². The summed E-state index contributed by atoms with van der Waals surface area (Å²) in [5, 5.41) is 7.57. The van der Waals surface area contributed by atoms with Crippen molar-refractivity contribution in [3.05, 3.63) is 42.5 Å². The molecule has 0 aliphatic carbocycles. The van der Waals surface area contributed by atoms with Crippen molar-refractivity contribution in [1.29, 1.82) is 0 Å². The van der Waals surface area contributed by atoms with Gasteiger partial charge in [0.25, 0.3) is 0 Å². The second kappa shape index (κ2) is 10.4. The maximum Gasteiger partial charge on any atom is 0.336 e. The van der Waals surface area contributed by atoms with Gasteiger partial charge in [-0.25, -0.2) is 4.68 Å². The molecule has 0 saturated carbocycles. The minimum Gasteiger partial charge on any atom is -0.463 e. The topological polar surface area (TPSA) is 87.5 Å². The van der Waals surface area contributed by atoms with Crippen molar-refractivity contribution >= 4 is 11.6 Å². The zero-order chi connectivity index (χ0) is 23.2. The number of hydrogen-bond acceptors (Lipinski definition) is 6. The Morgan fingerprint density at radius 3 is 2.64 bits per heavy atom. The second-order valence-electron chi connectivity index (χ2n) is 7.91. The van der Waals surface area contributed by atoms with E-state index in [1.807, 2.05) is 49.4 Å². The zero-order valence-corrected chi connectivity index (χ0v) is 19.3. The molecule has 0 saturated heterocycles. The van der Waals surface area contributed by atoms with Crippen molar-refractivity contribution in [3.63, 3.8) is 0 Å². The number of carbonyl (C=O) groups is 1. The number of unbranched alkanes of at least 4 members (excludes halogenated alkanes) is 1. The molecule has 1 amide bonds. The molecule has 174 valence electrons. The smallest absolute Gasteiger partial charge is 0.336 e. The van der Waals surface area contributed by atoms with Gasteiger partial charge < -0.3 is 19.5 Å². The maximum atomic E-state index is 12.6. The van der Waals surface area contributed by atoms with Crippen molar-refractivity contribution in [2.45, 2.75) is 46.5 Å². The van der Waals surface area contributed by atoms with Crippen molar-refractivity contribution < 1.29 is 19.0 Å². The summed E-state index contributed by atoms with van der Waals surface area (Å²) in [4.78, 5) is 17.2. The molecule has 1 aromatic heterocycles. The SMILES string of the molecule is CCCCC(CC)C(=O)Nc1ccc(-n2nc(OCC)nc2-c2ccc3c(c2)OCO3)cc1. The van der Waals surface area contributed by atoms with Gasteiger partial charge in [-0.15, -0.1) is 5.10 Å². The van der Waals surface area contributed by atoms with Gasteiger partial charge in [-0.05, 0) is 62.2 Å². The Bertz CT molecular complexity index is 1090. The molecule has 8 heteroatoms. The normalized spacial score (nSPS) is 13.1. The lowest BCUT2D eigenvalue weighted by Gasteiger charge is -2.15. The summed E-state index contributed by atoms with van der Waals surface area (Å²) in [6, 6.07) is 13.5. The molecular weight excluding hydrogens is 420 g/mol. The molecule has 0 spiro atoms. The summed E-state index contributed by atoms with van der Waals surface area (Å²) >= 11 is 0. The molecule has 0 radical (unpaired) electrons. The number of ether oxygens (including phenoxy) is 3. The number of carbonyl (C=O) groups excluding carboxylic acids is 1. The number of nitrogens with zero attached hydrogens (tertiary/aromatic N) is 3. The third-order valence-corrected chi connectivity index (χ3v) is 5.64. The van der Waals surface area contributed by atoms with Crippen LogP contribution in [0.2, 0.25) is 0 Å². The first-order valence-corrected chi connectivity index (χ1v) is 11.5. The van der Waals surface area contributed by atoms with E-state index in [1.165, 1.54) is 0 Å². The van der Waals surface area contributed by atoms with Gasteiger partial charge in [-0.2, -0.15) is 4.98 Å². The monoisotopic (exact) mass is 450 g/mol. The molecular formula is C25H30N4O4. The van der Waals surface area contributed by atoms with Crippen LogP contribution in [0.15, 0.2) is 42.5 Å². The summed E-state index contributed by atoms with van der Waals surface area (Å²) in [5.74, 6) is 2.11. The molecule has 33 heavy (non-hydrogen) atoms. The number of amides is 1. The van der Waals surface area contributed by atoms with Crippen LogP contribution in [-0.2, 0) is 4.79 Å². The summed E-state index contributed by atoms with van der Waals surface area (Å²) in [6.45, 7) is 6.76. The van der Waals surface area contributed by atoms with Crippen LogP contribution in [0.25, 0.3) is 17.1 Å². The quantitative estimate of drug-likeness (QED) is 0.456. The summed E-state index contributed by atoms with van der Waals surface area (Å²) in [7, 11) is 0. The van der Waals surface area contributed by atoms with Crippen LogP contribution in [-0.4, -0.2) is 34.1 Å². The highest BCUT2D eigenvalue weighted by molar-refractivity contribution is 5.92. The van der Waals surface area contributed by atoms with Gasteiger partial charge in [0.1, 0.15) is 0 Å². The third-order valence-electron chi connectivity index (χ3n) is 5.64. The first-order valence-electron chi connectivity index (χ1n) is 11.5. The summed E-state index contributed by atoms with van der Waals surface area (Å²) < 4.78 is 18.2. The highest BCUT2D eigenvalue weighted by atomic mass is 16.7. The van der Waals surface area contributed by atoms with Crippen molar-refractivity contribution in [2.75, 3.05) is 18.7 Å². The summed E-state index contributed by atoms with van der Waals surface area (Å²) in [5.41, 5.74) is 2.39. The zero-order valence-electron chi connectivity index (χ0n) is 19.3. The van der Waals surface area contributed by atoms with Crippen molar-refractivity contribution in [2.24, 2.45) is 5.92 Å². The molecule has 0 fully saturated rings. The molecule has 2 heterocycles. The Hall–Kier alpha value is -3.55. The molecule has 0 bridgehead atoms. The molecule has 2 aromatic carbocycles. The average Bonchev–Trinajstić information content (AvgIpc) is 3.47. The minimum atomic E-state index is 0.0336. The van der Waals surface area contributed by atoms with Gasteiger partial charge in [0.05, 0.1) is 12.3 Å². The van der Waals surface area contributed by atoms with Gasteiger partial charge in [0.15, 0.2) is 17.3 Å². The Morgan fingerprint density at radius 1 is 1.12 bits per heavy atom. The first-order chi connectivity index (χ1) is 16.1. The number of nitrogens with one attached hydrogen (secondary N) is 1. The lowest BCUT2D eigenvalue weighted by molar-refractivity contribution is -0.120. The fourth-order valence-electron chi connectivity index (χ4n) is 3.79. The number of benzene rings is 2. The van der Waals surface area contributed by atoms with Crippen LogP contribution in [0.3, 0.4) is 0 Å². The Kier molecular flexibility index (Phi) is 7.12. The van der Waals surface area contributed by atoms with Crippen LogP contribution in [0.4, 0.5) is 5.69 Å². The van der Waals surface area contributed by atoms with Gasteiger partial charge in [0.2, 0.25) is 12.7 Å². The van der Waals surface area contributed by atoms with Crippen molar-refractivity contribution in [1.82, 2.24) is 14.8 Å². The van der Waals surface area contributed by atoms with E-state index >= 15 is 0 Å². The molecule has 3 aromatic rings. The Balaban J connectivity index is 1.58. The molecule has 1 unspecified atom stereocenters. The number of hydrogen-bond donors (Lipinski definition) is 1. The van der Waals surface area contributed by atoms with Crippen LogP contribution < -0.4 is 19.5 Å². The molecule has 1 aliphatic heterocycles. The lowest BCUT2D eigenvalue weighted by atomic mass is 9.98. The number of rotatable bonds is 10. The second-order valence-corrected chi connectivity index (χ2v) is 7.91. The fourth-order valence-corrected chi connectivity index (χ4v) is 3.79. The number of fused-ring (bicyclic) bond motifs is 1. The Morgan fingerprint density at radius 2 is 1.91 bits per heavy atom. The van der Waals surface area contributed by atoms with Gasteiger partial charge in [-0.3, -0.25) is 4.79 Å². The van der Waals surface area contributed by atoms with E-state index < -0.39 is 0 Å². The van der Waals surface area contributed by atoms with E-state index in [-0.39, 0.29) is 18.6 Å². The molecule has 8 nitrogen and oxygen atoms in total. The summed E-state index contributed by atoms with van der Waals surface area (Å²) in [6.07, 6.45) is 3.89. The predicted molar refractivity (Wildman–Crippen MR) is 126 cm³/mol. The van der Waals surface area contributed by atoms with Crippen molar-refractivity contribution in [3.8, 4) is 34.6 Å². The molecule has 1 atom stereocenters. The van der Waals surface area contributed by atoms with E-state index in [4.69, 9.17) is 14.2 Å². The Labute approximate surface area is 193 Å². The van der Waals surface area contributed by atoms with E-state index in [0.29, 0.717) is 29.9 Å². The van der Waals surface area contributed by atoms with E-state index in [0.717, 1.165) is 42.6 Å².